The van der Waals surface area contributed by atoms with Crippen molar-refractivity contribution in [1.29, 1.82) is 0 Å². The summed E-state index contributed by atoms with van der Waals surface area (Å²) in [6, 6.07) is 14.6. The first-order chi connectivity index (χ1) is 21.3. The summed E-state index contributed by atoms with van der Waals surface area (Å²) in [7, 11) is 1.60. The first-order valence-electron chi connectivity index (χ1n) is 14.0. The quantitative estimate of drug-likeness (QED) is 0.197. The third-order valence-corrected chi connectivity index (χ3v) is 10.1. The van der Waals surface area contributed by atoms with Gasteiger partial charge in [-0.1, -0.05) is 41.7 Å². The third kappa shape index (κ3) is 5.42. The molecular formula is C32H28BrN5O4S2. The first kappa shape index (κ1) is 30.0. The van der Waals surface area contributed by atoms with E-state index in [0.717, 1.165) is 20.8 Å². The molecule has 0 bridgehead atoms. The number of ether oxygens (including phenoxy) is 1. The lowest BCUT2D eigenvalue weighted by Crippen LogP contribution is -2.43. The molecule has 0 saturated carbocycles. The second-order valence-electron chi connectivity index (χ2n) is 9.88. The highest BCUT2D eigenvalue weighted by atomic mass is 79.9. The molecule has 5 aromatic rings. The average Bonchev–Trinajstić information content (AvgIpc) is 3.53. The molecule has 0 N–H and O–H groups in total. The standard InChI is InChI=1S/C32H28BrN5O4S2/c1-5-37(6-2)29(40)25-18(3)36-32-38(27(25)26-21-11-8-7-10-19(21)12-13-23(26)41-4)28(39)24(43-32)17-20-16-22(33)30(42-20)44-31-34-14-9-15-35-31/h7-17,27H,5-6H2,1-4H3/b24-17-/t27-/m0/s1. The summed E-state index contributed by atoms with van der Waals surface area (Å²) >= 11 is 6.08. The summed E-state index contributed by atoms with van der Waals surface area (Å²) in [5.74, 6) is 0.905. The number of likely N-dealkylation sites (N-methyl/N-ethyl adjacent to an activating group) is 1. The predicted molar refractivity (Wildman–Crippen MR) is 175 cm³/mol. The lowest BCUT2D eigenvalue weighted by molar-refractivity contribution is -0.127. The highest BCUT2D eigenvalue weighted by Gasteiger charge is 2.36. The van der Waals surface area contributed by atoms with Gasteiger partial charge in [-0.3, -0.25) is 14.2 Å². The molecule has 0 fully saturated rings. The highest BCUT2D eigenvalue weighted by Crippen LogP contribution is 2.40. The van der Waals surface area contributed by atoms with Crippen molar-refractivity contribution in [2.24, 2.45) is 4.99 Å². The van der Waals surface area contributed by atoms with E-state index in [1.807, 2.05) is 57.2 Å². The average molecular weight is 691 g/mol. The Morgan fingerprint density at radius 3 is 2.64 bits per heavy atom. The summed E-state index contributed by atoms with van der Waals surface area (Å²) < 4.78 is 14.7. The molecule has 0 saturated heterocycles. The summed E-state index contributed by atoms with van der Waals surface area (Å²) in [6.07, 6.45) is 5.03. The normalized spacial score (nSPS) is 14.9. The van der Waals surface area contributed by atoms with Crippen LogP contribution in [0, 0.1) is 0 Å². The fourth-order valence-corrected chi connectivity index (χ4v) is 7.61. The summed E-state index contributed by atoms with van der Waals surface area (Å²) in [6.45, 7) is 6.77. The van der Waals surface area contributed by atoms with Gasteiger partial charge in [-0.2, -0.15) is 0 Å². The second kappa shape index (κ2) is 12.5. The fraction of sp³-hybridized carbons (Fsp3) is 0.219. The van der Waals surface area contributed by atoms with Gasteiger partial charge >= 0.3 is 0 Å². The van der Waals surface area contributed by atoms with E-state index in [0.29, 0.717) is 55.5 Å². The number of methoxy groups -OCH3 is 1. The topological polar surface area (TPSA) is 103 Å². The van der Waals surface area contributed by atoms with Crippen molar-refractivity contribution in [3.63, 3.8) is 0 Å². The van der Waals surface area contributed by atoms with Crippen LogP contribution in [0.25, 0.3) is 16.8 Å². The number of fused-ring (bicyclic) bond motifs is 2. The SMILES string of the molecule is CCN(CC)C(=O)C1=C(C)N=c2s/c(=C\c3cc(Br)c(Sc4ncccn4)o3)c(=O)n2[C@@H]1c1c(OC)ccc2ccccc12. The first-order valence-corrected chi connectivity index (χ1v) is 16.4. The van der Waals surface area contributed by atoms with E-state index in [4.69, 9.17) is 14.1 Å². The minimum absolute atomic E-state index is 0.162. The molecule has 9 nitrogen and oxygen atoms in total. The van der Waals surface area contributed by atoms with Crippen molar-refractivity contribution in [2.75, 3.05) is 20.2 Å². The minimum Gasteiger partial charge on any atom is -0.496 e. The maximum Gasteiger partial charge on any atom is 0.271 e. The third-order valence-electron chi connectivity index (χ3n) is 7.40. The number of thiazole rings is 1. The molecule has 12 heteroatoms. The molecule has 0 spiro atoms. The van der Waals surface area contributed by atoms with Gasteiger partial charge in [0.25, 0.3) is 11.5 Å². The van der Waals surface area contributed by atoms with Gasteiger partial charge in [-0.15, -0.1) is 0 Å². The van der Waals surface area contributed by atoms with Crippen LogP contribution < -0.4 is 19.6 Å². The molecule has 2 aromatic carbocycles. The van der Waals surface area contributed by atoms with Crippen molar-refractivity contribution < 1.29 is 13.9 Å². The van der Waals surface area contributed by atoms with Gasteiger partial charge in [-0.25, -0.2) is 15.0 Å². The van der Waals surface area contributed by atoms with Crippen LogP contribution in [0.15, 0.2) is 101 Å². The summed E-state index contributed by atoms with van der Waals surface area (Å²) in [4.78, 5) is 44.0. The van der Waals surface area contributed by atoms with Crippen molar-refractivity contribution in [3.8, 4) is 5.75 Å². The van der Waals surface area contributed by atoms with Crippen molar-refractivity contribution in [3.05, 3.63) is 108 Å². The number of halogens is 1. The molecule has 1 amide bonds. The van der Waals surface area contributed by atoms with E-state index >= 15 is 0 Å². The molecule has 44 heavy (non-hydrogen) atoms. The van der Waals surface area contributed by atoms with E-state index in [1.54, 1.807) is 47.2 Å². The highest BCUT2D eigenvalue weighted by molar-refractivity contribution is 9.10. The van der Waals surface area contributed by atoms with E-state index in [2.05, 4.69) is 25.9 Å². The van der Waals surface area contributed by atoms with Gasteiger partial charge in [0.1, 0.15) is 17.6 Å². The zero-order valence-electron chi connectivity index (χ0n) is 24.4. The molecule has 0 radical (unpaired) electrons. The van der Waals surface area contributed by atoms with Gasteiger partial charge in [0, 0.05) is 37.1 Å². The van der Waals surface area contributed by atoms with Crippen molar-refractivity contribution in [2.45, 2.75) is 37.1 Å². The van der Waals surface area contributed by atoms with Crippen LogP contribution in [0.5, 0.6) is 5.75 Å². The largest absolute Gasteiger partial charge is 0.496 e. The van der Waals surface area contributed by atoms with E-state index < -0.39 is 6.04 Å². The van der Waals surface area contributed by atoms with Gasteiger partial charge < -0.3 is 14.1 Å². The number of rotatable bonds is 8. The molecule has 3 aromatic heterocycles. The van der Waals surface area contributed by atoms with Gasteiger partial charge in [0.15, 0.2) is 15.1 Å². The molecule has 1 atom stereocenters. The molecule has 1 aliphatic heterocycles. The Morgan fingerprint density at radius 2 is 1.91 bits per heavy atom. The molecule has 224 valence electrons. The number of allylic oxidation sites excluding steroid dienone is 1. The van der Waals surface area contributed by atoms with E-state index in [-0.39, 0.29) is 11.5 Å². The smallest absolute Gasteiger partial charge is 0.271 e. The monoisotopic (exact) mass is 689 g/mol. The van der Waals surface area contributed by atoms with Crippen LogP contribution in [0.4, 0.5) is 0 Å². The number of carbonyl (C=O) groups is 1. The lowest BCUT2D eigenvalue weighted by atomic mass is 9.90. The zero-order chi connectivity index (χ0) is 31.0. The summed E-state index contributed by atoms with van der Waals surface area (Å²) in [5.41, 5.74) is 1.48. The van der Waals surface area contributed by atoms with Gasteiger partial charge in [0.05, 0.1) is 27.4 Å². The number of amides is 1. The Bertz CT molecular complexity index is 2100. The Kier molecular flexibility index (Phi) is 8.57. The molecule has 0 unspecified atom stereocenters. The molecule has 0 aliphatic carbocycles. The van der Waals surface area contributed by atoms with Crippen LogP contribution in [0.3, 0.4) is 0 Å². The molecule has 4 heterocycles. The number of furan rings is 1. The molecule has 6 rings (SSSR count). The van der Waals surface area contributed by atoms with Gasteiger partial charge in [-0.05, 0) is 77.4 Å². The minimum atomic E-state index is -0.757. The van der Waals surface area contributed by atoms with E-state index in [1.165, 1.54) is 23.1 Å². The number of hydrogen-bond donors (Lipinski definition) is 0. The van der Waals surface area contributed by atoms with Crippen LogP contribution in [-0.2, 0) is 4.79 Å². The number of hydrogen-bond acceptors (Lipinski definition) is 9. The van der Waals surface area contributed by atoms with Crippen LogP contribution >= 0.6 is 39.0 Å². The predicted octanol–water partition coefficient (Wildman–Crippen LogP) is 5.56. The van der Waals surface area contributed by atoms with Crippen molar-refractivity contribution in [1.82, 2.24) is 19.4 Å². The van der Waals surface area contributed by atoms with E-state index in [9.17, 15) is 9.59 Å². The number of benzene rings is 2. The number of nitrogens with zero attached hydrogens (tertiary/aromatic N) is 5. The van der Waals surface area contributed by atoms with Crippen molar-refractivity contribution >= 4 is 61.8 Å². The Morgan fingerprint density at radius 1 is 1.16 bits per heavy atom. The van der Waals surface area contributed by atoms with Crippen LogP contribution in [0.1, 0.15) is 38.1 Å². The Hall–Kier alpha value is -4.00. The molecule has 1 aliphatic rings. The Balaban J connectivity index is 1.56. The second-order valence-corrected chi connectivity index (χ2v) is 12.7. The Labute approximate surface area is 269 Å². The lowest BCUT2D eigenvalue weighted by Gasteiger charge is -2.30. The molecular weight excluding hydrogens is 662 g/mol. The zero-order valence-corrected chi connectivity index (χ0v) is 27.6. The van der Waals surface area contributed by atoms with Crippen LogP contribution in [0.2, 0.25) is 0 Å². The maximum absolute atomic E-state index is 14.3. The maximum atomic E-state index is 14.3. The van der Waals surface area contributed by atoms with Crippen LogP contribution in [-0.4, -0.2) is 45.5 Å². The number of carbonyl (C=O) groups excluding carboxylic acids is 1. The van der Waals surface area contributed by atoms with Gasteiger partial charge in [0.2, 0.25) is 0 Å². The fourth-order valence-electron chi connectivity index (χ4n) is 5.34. The number of aromatic nitrogens is 3. The summed E-state index contributed by atoms with van der Waals surface area (Å²) in [5, 5.41) is 2.98.